The molecule has 25 heavy (non-hydrogen) atoms. The Kier molecular flexibility index (Phi) is 3.16. The van der Waals surface area contributed by atoms with E-state index < -0.39 is 0 Å². The Morgan fingerprint density at radius 1 is 0.760 bits per heavy atom. The van der Waals surface area contributed by atoms with Crippen LogP contribution < -0.4 is 4.57 Å². The van der Waals surface area contributed by atoms with Crippen molar-refractivity contribution in [1.82, 2.24) is 0 Å². The van der Waals surface area contributed by atoms with E-state index in [0.717, 1.165) is 0 Å². The SMILES string of the molecule is Cc1ccccc1-c1ccc2sc3ccc4ccccc4c3c2[n+]1C. The van der Waals surface area contributed by atoms with Crippen molar-refractivity contribution >= 4 is 42.4 Å². The van der Waals surface area contributed by atoms with Gasteiger partial charge >= 0.3 is 0 Å². The number of thiophene rings is 1. The number of aryl methyl sites for hydroxylation is 2. The van der Waals surface area contributed by atoms with E-state index in [9.17, 15) is 0 Å². The highest BCUT2D eigenvalue weighted by Crippen LogP contribution is 2.37. The standard InChI is InChI=1S/C23H18NS/c1-15-7-3-5-9-17(15)19-12-14-21-23(24(19)2)22-18-10-6-4-8-16(18)11-13-20(22)25-21/h3-14H,1-2H3/q+1. The average Bonchev–Trinajstić information content (AvgIpc) is 3.03. The maximum absolute atomic E-state index is 2.36. The van der Waals surface area contributed by atoms with Gasteiger partial charge in [-0.3, -0.25) is 0 Å². The van der Waals surface area contributed by atoms with Gasteiger partial charge in [-0.05, 0) is 41.5 Å². The second-order valence-corrected chi connectivity index (χ2v) is 7.65. The summed E-state index contributed by atoms with van der Waals surface area (Å²) in [6.45, 7) is 2.18. The summed E-state index contributed by atoms with van der Waals surface area (Å²) in [4.78, 5) is 0. The normalized spacial score (nSPS) is 11.6. The molecule has 0 saturated heterocycles. The summed E-state index contributed by atoms with van der Waals surface area (Å²) in [5.41, 5.74) is 5.20. The molecule has 1 nitrogen and oxygen atoms in total. The first-order chi connectivity index (χ1) is 12.2. The summed E-state index contributed by atoms with van der Waals surface area (Å²) >= 11 is 1.88. The van der Waals surface area contributed by atoms with Crippen molar-refractivity contribution < 1.29 is 4.57 Å². The number of rotatable bonds is 1. The van der Waals surface area contributed by atoms with E-state index in [1.807, 2.05) is 11.3 Å². The van der Waals surface area contributed by atoms with Crippen molar-refractivity contribution in [2.45, 2.75) is 6.92 Å². The predicted molar refractivity (Wildman–Crippen MR) is 108 cm³/mol. The van der Waals surface area contributed by atoms with Crippen LogP contribution in [0.5, 0.6) is 0 Å². The Labute approximate surface area is 150 Å². The molecule has 0 aliphatic carbocycles. The van der Waals surface area contributed by atoms with Gasteiger partial charge in [-0.2, -0.15) is 4.57 Å². The molecular weight excluding hydrogens is 322 g/mol. The largest absolute Gasteiger partial charge is 0.232 e. The summed E-state index contributed by atoms with van der Waals surface area (Å²) in [6.07, 6.45) is 0. The molecule has 0 aliphatic rings. The van der Waals surface area contributed by atoms with Crippen LogP contribution in [0, 0.1) is 6.92 Å². The van der Waals surface area contributed by atoms with Crippen LogP contribution in [0.2, 0.25) is 0 Å². The fourth-order valence-electron chi connectivity index (χ4n) is 3.83. The lowest BCUT2D eigenvalue weighted by atomic mass is 10.0. The van der Waals surface area contributed by atoms with Crippen molar-refractivity contribution in [3.63, 3.8) is 0 Å². The van der Waals surface area contributed by atoms with Crippen molar-refractivity contribution in [2.75, 3.05) is 0 Å². The molecular formula is C23H18NS+. The van der Waals surface area contributed by atoms with Crippen LogP contribution in [0.4, 0.5) is 0 Å². The van der Waals surface area contributed by atoms with Crippen LogP contribution in [-0.4, -0.2) is 0 Å². The minimum atomic E-state index is 1.26. The molecule has 0 fully saturated rings. The molecule has 5 rings (SSSR count). The lowest BCUT2D eigenvalue weighted by molar-refractivity contribution is -0.632. The maximum Gasteiger partial charge on any atom is 0.232 e. The zero-order chi connectivity index (χ0) is 17.0. The van der Waals surface area contributed by atoms with E-state index in [1.54, 1.807) is 0 Å². The molecule has 0 bridgehead atoms. The Morgan fingerprint density at radius 3 is 2.40 bits per heavy atom. The maximum atomic E-state index is 2.36. The van der Waals surface area contributed by atoms with Crippen molar-refractivity contribution in [3.8, 4) is 11.3 Å². The molecule has 0 spiro atoms. The summed E-state index contributed by atoms with van der Waals surface area (Å²) in [5.74, 6) is 0. The first-order valence-corrected chi connectivity index (χ1v) is 9.35. The summed E-state index contributed by atoms with van der Waals surface area (Å²) in [5, 5.41) is 4.01. The fraction of sp³-hybridized carbons (Fsp3) is 0.0870. The number of hydrogen-bond acceptors (Lipinski definition) is 1. The predicted octanol–water partition coefficient (Wildman–Crippen LogP) is 6.01. The number of hydrogen-bond donors (Lipinski definition) is 0. The van der Waals surface area contributed by atoms with Gasteiger partial charge in [0.2, 0.25) is 11.2 Å². The number of pyridine rings is 1. The second kappa shape index (κ2) is 5.40. The monoisotopic (exact) mass is 340 g/mol. The molecule has 5 aromatic rings. The Hall–Kier alpha value is -2.71. The van der Waals surface area contributed by atoms with Crippen molar-refractivity contribution in [1.29, 1.82) is 0 Å². The molecule has 3 aromatic carbocycles. The highest BCUT2D eigenvalue weighted by Gasteiger charge is 2.21. The van der Waals surface area contributed by atoms with E-state index in [1.165, 1.54) is 47.9 Å². The topological polar surface area (TPSA) is 3.88 Å². The minimum Gasteiger partial charge on any atom is -0.193 e. The van der Waals surface area contributed by atoms with Crippen molar-refractivity contribution in [3.05, 3.63) is 78.4 Å². The Bertz CT molecular complexity index is 1260. The molecule has 0 N–H and O–H groups in total. The third-order valence-electron chi connectivity index (χ3n) is 5.09. The van der Waals surface area contributed by atoms with Gasteiger partial charge in [-0.1, -0.05) is 48.5 Å². The zero-order valence-corrected chi connectivity index (χ0v) is 15.1. The Balaban J connectivity index is 1.96. The number of aromatic nitrogens is 1. The van der Waals surface area contributed by atoms with Gasteiger partial charge in [0.25, 0.3) is 0 Å². The lowest BCUT2D eigenvalue weighted by Gasteiger charge is -2.05. The number of fused-ring (bicyclic) bond motifs is 5. The summed E-state index contributed by atoms with van der Waals surface area (Å²) in [6, 6.07) is 26.3. The molecule has 2 heteroatoms. The van der Waals surface area contributed by atoms with E-state index in [2.05, 4.69) is 91.3 Å². The zero-order valence-electron chi connectivity index (χ0n) is 14.3. The van der Waals surface area contributed by atoms with Gasteiger partial charge in [0.1, 0.15) is 11.7 Å². The first-order valence-electron chi connectivity index (χ1n) is 8.53. The number of nitrogens with zero attached hydrogens (tertiary/aromatic N) is 1. The van der Waals surface area contributed by atoms with Gasteiger partial charge in [0.15, 0.2) is 0 Å². The molecule has 0 saturated carbocycles. The van der Waals surface area contributed by atoms with E-state index in [0.29, 0.717) is 0 Å². The molecule has 0 amide bonds. The van der Waals surface area contributed by atoms with Crippen LogP contribution in [0.25, 0.3) is 42.3 Å². The average molecular weight is 340 g/mol. The first kappa shape index (κ1) is 14.6. The minimum absolute atomic E-state index is 1.26. The molecule has 0 unspecified atom stereocenters. The second-order valence-electron chi connectivity index (χ2n) is 6.57. The van der Waals surface area contributed by atoms with Crippen LogP contribution in [0.1, 0.15) is 5.56 Å². The lowest BCUT2D eigenvalue weighted by Crippen LogP contribution is -2.31. The van der Waals surface area contributed by atoms with Gasteiger partial charge < -0.3 is 0 Å². The van der Waals surface area contributed by atoms with Crippen LogP contribution >= 0.6 is 11.3 Å². The molecule has 0 atom stereocenters. The molecule has 0 radical (unpaired) electrons. The van der Waals surface area contributed by atoms with Crippen LogP contribution in [0.3, 0.4) is 0 Å². The van der Waals surface area contributed by atoms with Gasteiger partial charge in [-0.15, -0.1) is 11.3 Å². The summed E-state index contributed by atoms with van der Waals surface area (Å²) in [7, 11) is 2.19. The third kappa shape index (κ3) is 2.11. The molecule has 2 heterocycles. The number of benzene rings is 3. The summed E-state index contributed by atoms with van der Waals surface area (Å²) < 4.78 is 5.06. The van der Waals surface area contributed by atoms with Gasteiger partial charge in [0, 0.05) is 16.3 Å². The van der Waals surface area contributed by atoms with Crippen LogP contribution in [-0.2, 0) is 7.05 Å². The van der Waals surface area contributed by atoms with Crippen molar-refractivity contribution in [2.24, 2.45) is 7.05 Å². The Morgan fingerprint density at radius 2 is 1.52 bits per heavy atom. The fourth-order valence-corrected chi connectivity index (χ4v) is 4.99. The third-order valence-corrected chi connectivity index (χ3v) is 6.20. The van der Waals surface area contributed by atoms with Crippen LogP contribution in [0.15, 0.2) is 72.8 Å². The smallest absolute Gasteiger partial charge is 0.193 e. The van der Waals surface area contributed by atoms with E-state index >= 15 is 0 Å². The van der Waals surface area contributed by atoms with Gasteiger partial charge in [-0.25, -0.2) is 0 Å². The molecule has 2 aromatic heterocycles. The highest BCUT2D eigenvalue weighted by molar-refractivity contribution is 7.25. The van der Waals surface area contributed by atoms with Gasteiger partial charge in [0.05, 0.1) is 5.39 Å². The van der Waals surface area contributed by atoms with E-state index in [-0.39, 0.29) is 0 Å². The molecule has 0 aliphatic heterocycles. The quantitative estimate of drug-likeness (QED) is 0.329. The highest BCUT2D eigenvalue weighted by atomic mass is 32.1. The van der Waals surface area contributed by atoms with E-state index in [4.69, 9.17) is 0 Å². The molecule has 120 valence electrons.